The average Bonchev–Trinajstić information content (AvgIpc) is 3.20. The molecule has 0 atom stereocenters. The molecule has 1 amide bonds. The lowest BCUT2D eigenvalue weighted by Crippen LogP contribution is -2.22. The Bertz CT molecular complexity index is 884. The highest BCUT2D eigenvalue weighted by Crippen LogP contribution is 2.44. The molecule has 0 aromatic carbocycles. The second kappa shape index (κ2) is 7.17. The summed E-state index contributed by atoms with van der Waals surface area (Å²) < 4.78 is 1.12. The average molecular weight is 375 g/mol. The number of carbonyl (C=O) groups excluding carboxylic acids is 1. The van der Waals surface area contributed by atoms with Gasteiger partial charge in [-0.1, -0.05) is 0 Å². The van der Waals surface area contributed by atoms with Crippen LogP contribution in [0.3, 0.4) is 0 Å². The SMILES string of the molecule is C[15NH]CCC(=O)Nc1sc2c(c1-c1nc3cnccc3s1)CCNC2. The first-order valence-electron chi connectivity index (χ1n) is 8.27. The third-order valence-corrected chi connectivity index (χ3v) is 6.39. The number of thiophene rings is 1. The molecule has 25 heavy (non-hydrogen) atoms. The molecule has 0 aliphatic carbocycles. The van der Waals surface area contributed by atoms with Gasteiger partial charge in [-0.25, -0.2) is 4.98 Å². The summed E-state index contributed by atoms with van der Waals surface area (Å²) in [5.41, 5.74) is 3.32. The largest absolute Gasteiger partial charge is 0.319 e. The fourth-order valence-corrected chi connectivity index (χ4v) is 5.27. The maximum Gasteiger partial charge on any atom is 0.226 e. The van der Waals surface area contributed by atoms with Crippen LogP contribution in [0.1, 0.15) is 16.9 Å². The zero-order chi connectivity index (χ0) is 17.2. The van der Waals surface area contributed by atoms with Gasteiger partial charge in [0.1, 0.15) is 15.5 Å². The van der Waals surface area contributed by atoms with Crippen molar-refractivity contribution in [2.75, 3.05) is 25.5 Å². The number of amides is 1. The fraction of sp³-hybridized carbons (Fsp3) is 0.353. The number of pyridine rings is 1. The summed E-state index contributed by atoms with van der Waals surface area (Å²) in [5, 5.41) is 11.4. The summed E-state index contributed by atoms with van der Waals surface area (Å²) in [5.74, 6) is 0.0323. The zero-order valence-electron chi connectivity index (χ0n) is 13.9. The van der Waals surface area contributed by atoms with Crippen molar-refractivity contribution in [1.29, 1.82) is 0 Å². The zero-order valence-corrected chi connectivity index (χ0v) is 15.5. The Hall–Kier alpha value is -1.87. The number of hydrogen-bond acceptors (Lipinski definition) is 7. The van der Waals surface area contributed by atoms with E-state index in [0.717, 1.165) is 45.3 Å². The number of anilines is 1. The van der Waals surface area contributed by atoms with Gasteiger partial charge < -0.3 is 16.0 Å². The number of nitrogens with zero attached hydrogens (tertiary/aromatic N) is 2. The molecular formula is C17H19N5OS2. The van der Waals surface area contributed by atoms with E-state index in [4.69, 9.17) is 4.98 Å². The van der Waals surface area contributed by atoms with Gasteiger partial charge >= 0.3 is 0 Å². The number of carbonyl (C=O) groups is 1. The summed E-state index contributed by atoms with van der Waals surface area (Å²) in [7, 11) is 1.85. The van der Waals surface area contributed by atoms with Crippen LogP contribution in [0, 0.1) is 0 Å². The predicted octanol–water partition coefficient (Wildman–Crippen LogP) is 2.61. The number of hydrogen-bond donors (Lipinski definition) is 3. The van der Waals surface area contributed by atoms with Gasteiger partial charge in [0.15, 0.2) is 0 Å². The van der Waals surface area contributed by atoms with Crippen LogP contribution in [0.15, 0.2) is 18.5 Å². The topological polar surface area (TPSA) is 78.9 Å². The number of aromatic nitrogens is 2. The van der Waals surface area contributed by atoms with E-state index in [9.17, 15) is 4.79 Å². The Labute approximate surface area is 153 Å². The molecule has 3 aromatic heterocycles. The molecule has 0 unspecified atom stereocenters. The van der Waals surface area contributed by atoms with Gasteiger partial charge in [0.05, 0.1) is 10.9 Å². The van der Waals surface area contributed by atoms with Crippen molar-refractivity contribution in [2.45, 2.75) is 19.4 Å². The van der Waals surface area contributed by atoms with Crippen LogP contribution in [0.5, 0.6) is 0 Å². The lowest BCUT2D eigenvalue weighted by molar-refractivity contribution is -0.116. The fourth-order valence-electron chi connectivity index (χ4n) is 2.96. The van der Waals surface area contributed by atoms with E-state index >= 15 is 0 Å². The van der Waals surface area contributed by atoms with Gasteiger partial charge in [-0.2, -0.15) is 0 Å². The second-order valence-corrected chi connectivity index (χ2v) is 8.03. The van der Waals surface area contributed by atoms with Crippen LogP contribution in [0.25, 0.3) is 20.8 Å². The molecule has 4 rings (SSSR count). The standard InChI is InChI=1S/C17H19N5OS2/c1-18-5-4-14(23)22-17-15(10-2-6-20-9-13(10)25-17)16-21-11-8-19-7-3-12(11)24-16/h3,7-8,18,20H,2,4-6,9H2,1H3,(H,22,23)/i18+1. The minimum Gasteiger partial charge on any atom is -0.319 e. The van der Waals surface area contributed by atoms with Gasteiger partial charge in [-0.3, -0.25) is 9.78 Å². The maximum absolute atomic E-state index is 12.3. The van der Waals surface area contributed by atoms with Gasteiger partial charge in [-0.05, 0) is 31.6 Å². The first-order chi connectivity index (χ1) is 12.3. The highest BCUT2D eigenvalue weighted by Gasteiger charge is 2.24. The van der Waals surface area contributed by atoms with Crippen molar-refractivity contribution in [2.24, 2.45) is 0 Å². The van der Waals surface area contributed by atoms with Crippen LogP contribution >= 0.6 is 22.7 Å². The van der Waals surface area contributed by atoms with E-state index in [1.165, 1.54) is 10.4 Å². The Morgan fingerprint density at radius 2 is 2.32 bits per heavy atom. The van der Waals surface area contributed by atoms with Crippen molar-refractivity contribution in [3.8, 4) is 10.6 Å². The highest BCUT2D eigenvalue weighted by atomic mass is 32.1. The van der Waals surface area contributed by atoms with Crippen LogP contribution in [0.4, 0.5) is 5.00 Å². The van der Waals surface area contributed by atoms with Gasteiger partial charge in [-0.15, -0.1) is 22.7 Å². The van der Waals surface area contributed by atoms with Gasteiger partial charge in [0.25, 0.3) is 0 Å². The molecule has 0 radical (unpaired) electrons. The molecule has 6 nitrogen and oxygen atoms in total. The molecule has 0 saturated heterocycles. The van der Waals surface area contributed by atoms with Crippen molar-refractivity contribution in [3.63, 3.8) is 0 Å². The summed E-state index contributed by atoms with van der Waals surface area (Å²) in [6.07, 6.45) is 5.00. The Morgan fingerprint density at radius 1 is 1.40 bits per heavy atom. The molecule has 4 heterocycles. The number of nitrogens with one attached hydrogen (secondary N) is 3. The summed E-state index contributed by atoms with van der Waals surface area (Å²) in [6.45, 7) is 2.47. The molecule has 1 aliphatic heterocycles. The molecule has 0 fully saturated rings. The smallest absolute Gasteiger partial charge is 0.226 e. The lowest BCUT2D eigenvalue weighted by Gasteiger charge is -2.13. The second-order valence-electron chi connectivity index (χ2n) is 5.90. The van der Waals surface area contributed by atoms with E-state index < -0.39 is 0 Å². The van der Waals surface area contributed by atoms with E-state index in [-0.39, 0.29) is 5.91 Å². The van der Waals surface area contributed by atoms with Crippen LogP contribution in [0.2, 0.25) is 0 Å². The summed E-state index contributed by atoms with van der Waals surface area (Å²) in [6, 6.07) is 1.99. The lowest BCUT2D eigenvalue weighted by atomic mass is 10.0. The first-order valence-corrected chi connectivity index (χ1v) is 9.90. The van der Waals surface area contributed by atoms with Gasteiger partial charge in [0.2, 0.25) is 5.91 Å². The van der Waals surface area contributed by atoms with Crippen molar-refractivity contribution in [3.05, 3.63) is 28.9 Å². The summed E-state index contributed by atoms with van der Waals surface area (Å²) in [4.78, 5) is 22.5. The minimum atomic E-state index is 0.0323. The van der Waals surface area contributed by atoms with E-state index in [1.54, 1.807) is 35.1 Å². The molecule has 3 N–H and O–H groups in total. The molecular weight excluding hydrogens is 355 g/mol. The van der Waals surface area contributed by atoms with Crippen molar-refractivity contribution in [1.82, 2.24) is 20.6 Å². The Morgan fingerprint density at radius 3 is 3.16 bits per heavy atom. The Balaban J connectivity index is 1.76. The number of rotatable bonds is 5. The van der Waals surface area contributed by atoms with Crippen LogP contribution < -0.4 is 16.0 Å². The minimum absolute atomic E-state index is 0.0323. The first kappa shape index (κ1) is 16.6. The van der Waals surface area contributed by atoms with Gasteiger partial charge in [0, 0.05) is 36.1 Å². The molecule has 3 aromatic rings. The molecule has 0 saturated carbocycles. The van der Waals surface area contributed by atoms with Crippen molar-refractivity contribution >= 4 is 43.8 Å². The quantitative estimate of drug-likeness (QED) is 0.598. The van der Waals surface area contributed by atoms with Crippen LogP contribution in [-0.2, 0) is 17.8 Å². The third-order valence-electron chi connectivity index (χ3n) is 4.19. The summed E-state index contributed by atoms with van der Waals surface area (Å²) >= 11 is 3.32. The molecule has 0 spiro atoms. The third kappa shape index (κ3) is 3.30. The van der Waals surface area contributed by atoms with E-state index in [0.29, 0.717) is 13.0 Å². The molecule has 1 aliphatic rings. The predicted molar refractivity (Wildman–Crippen MR) is 103 cm³/mol. The van der Waals surface area contributed by atoms with E-state index in [2.05, 4.69) is 20.9 Å². The normalized spacial score (nSPS) is 13.8. The van der Waals surface area contributed by atoms with Crippen LogP contribution in [-0.4, -0.2) is 36.0 Å². The van der Waals surface area contributed by atoms with Crippen molar-refractivity contribution < 1.29 is 4.79 Å². The number of fused-ring (bicyclic) bond motifs is 2. The molecule has 8 heteroatoms. The number of thiazole rings is 1. The monoisotopic (exact) mass is 374 g/mol. The van der Waals surface area contributed by atoms with E-state index in [1.807, 2.05) is 13.1 Å². The molecule has 0 bridgehead atoms. The highest BCUT2D eigenvalue weighted by molar-refractivity contribution is 7.22. The maximum atomic E-state index is 12.3. The Kier molecular flexibility index (Phi) is 4.76. The molecule has 130 valence electrons.